The summed E-state index contributed by atoms with van der Waals surface area (Å²) in [7, 11) is 1.90. The SMILES string of the molecule is CC(Nc1nnnn1-c1ccccc1)c1nncn1C. The second-order valence-electron chi connectivity index (χ2n) is 4.42. The van der Waals surface area contributed by atoms with Gasteiger partial charge < -0.3 is 9.88 Å². The zero-order valence-corrected chi connectivity index (χ0v) is 11.2. The van der Waals surface area contributed by atoms with Gasteiger partial charge in [0.2, 0.25) is 5.95 Å². The number of benzene rings is 1. The molecule has 3 aromatic rings. The van der Waals surface area contributed by atoms with Crippen LogP contribution in [-0.4, -0.2) is 35.0 Å². The number of nitrogens with one attached hydrogen (secondary N) is 1. The number of hydrogen-bond donors (Lipinski definition) is 1. The van der Waals surface area contributed by atoms with Gasteiger partial charge in [0, 0.05) is 7.05 Å². The maximum atomic E-state index is 4.07. The fourth-order valence-electron chi connectivity index (χ4n) is 1.96. The standard InChI is InChI=1S/C12H14N8/c1-9(11-15-13-8-19(11)2)14-12-16-17-18-20(12)10-6-4-3-5-7-10/h3-9H,1-2H3,(H,14,16,18). The van der Waals surface area contributed by atoms with Gasteiger partial charge in [-0.3, -0.25) is 0 Å². The second kappa shape index (κ2) is 5.08. The van der Waals surface area contributed by atoms with Gasteiger partial charge in [-0.2, -0.15) is 4.68 Å². The van der Waals surface area contributed by atoms with Crippen LogP contribution in [0.2, 0.25) is 0 Å². The van der Waals surface area contributed by atoms with Gasteiger partial charge >= 0.3 is 0 Å². The quantitative estimate of drug-likeness (QED) is 0.760. The van der Waals surface area contributed by atoms with Crippen LogP contribution in [0.5, 0.6) is 0 Å². The number of hydrogen-bond acceptors (Lipinski definition) is 6. The van der Waals surface area contributed by atoms with Crippen molar-refractivity contribution in [2.24, 2.45) is 7.05 Å². The first-order valence-corrected chi connectivity index (χ1v) is 6.20. The Bertz CT molecular complexity index is 686. The summed E-state index contributed by atoms with van der Waals surface area (Å²) in [6.07, 6.45) is 1.66. The Hall–Kier alpha value is -2.77. The van der Waals surface area contributed by atoms with Gasteiger partial charge in [0.25, 0.3) is 0 Å². The van der Waals surface area contributed by atoms with Gasteiger partial charge in [0.1, 0.15) is 6.33 Å². The summed E-state index contributed by atoms with van der Waals surface area (Å²) in [5.41, 5.74) is 0.894. The van der Waals surface area contributed by atoms with Crippen LogP contribution < -0.4 is 5.32 Å². The third-order valence-corrected chi connectivity index (χ3v) is 2.95. The Morgan fingerprint density at radius 3 is 2.65 bits per heavy atom. The zero-order valence-electron chi connectivity index (χ0n) is 11.2. The first kappa shape index (κ1) is 12.3. The highest BCUT2D eigenvalue weighted by Crippen LogP contribution is 2.17. The van der Waals surface area contributed by atoms with Crippen LogP contribution in [0.4, 0.5) is 5.95 Å². The molecule has 0 bridgehead atoms. The highest BCUT2D eigenvalue weighted by molar-refractivity contribution is 5.39. The molecule has 102 valence electrons. The molecule has 0 aliphatic carbocycles. The van der Waals surface area contributed by atoms with E-state index in [4.69, 9.17) is 0 Å². The molecule has 1 atom stereocenters. The lowest BCUT2D eigenvalue weighted by Crippen LogP contribution is -2.15. The van der Waals surface area contributed by atoms with E-state index < -0.39 is 0 Å². The Labute approximate surface area is 115 Å². The van der Waals surface area contributed by atoms with Crippen LogP contribution in [0.3, 0.4) is 0 Å². The molecule has 0 aliphatic heterocycles. The first-order valence-electron chi connectivity index (χ1n) is 6.20. The minimum atomic E-state index is -0.0593. The van der Waals surface area contributed by atoms with E-state index in [2.05, 4.69) is 31.0 Å². The van der Waals surface area contributed by atoms with Crippen LogP contribution in [-0.2, 0) is 7.05 Å². The van der Waals surface area contributed by atoms with Gasteiger partial charge in [-0.15, -0.1) is 10.2 Å². The number of nitrogens with zero attached hydrogens (tertiary/aromatic N) is 7. The Balaban J connectivity index is 1.86. The van der Waals surface area contributed by atoms with Crippen molar-refractivity contribution in [2.75, 3.05) is 5.32 Å². The molecule has 2 aromatic heterocycles. The van der Waals surface area contributed by atoms with Crippen molar-refractivity contribution in [1.82, 2.24) is 35.0 Å². The predicted molar refractivity (Wildman–Crippen MR) is 72.2 cm³/mol. The average Bonchev–Trinajstić information content (AvgIpc) is 3.08. The maximum absolute atomic E-state index is 4.07. The normalized spacial score (nSPS) is 12.3. The smallest absolute Gasteiger partial charge is 0.248 e. The van der Waals surface area contributed by atoms with Crippen LogP contribution in [0.25, 0.3) is 5.69 Å². The number of para-hydroxylation sites is 1. The van der Waals surface area contributed by atoms with Crippen molar-refractivity contribution in [3.63, 3.8) is 0 Å². The van der Waals surface area contributed by atoms with Crippen molar-refractivity contribution in [3.8, 4) is 5.69 Å². The summed E-state index contributed by atoms with van der Waals surface area (Å²) in [6.45, 7) is 1.98. The van der Waals surface area contributed by atoms with Crippen molar-refractivity contribution >= 4 is 5.95 Å². The molecule has 8 heteroatoms. The molecule has 2 heterocycles. The highest BCUT2D eigenvalue weighted by atomic mass is 15.6. The molecule has 1 N–H and O–H groups in total. The summed E-state index contributed by atoms with van der Waals surface area (Å²) in [5.74, 6) is 1.37. The second-order valence-corrected chi connectivity index (χ2v) is 4.42. The molecule has 0 radical (unpaired) electrons. The average molecular weight is 270 g/mol. The van der Waals surface area contributed by atoms with E-state index in [0.717, 1.165) is 11.5 Å². The van der Waals surface area contributed by atoms with Crippen LogP contribution in [0, 0.1) is 0 Å². The van der Waals surface area contributed by atoms with Gasteiger partial charge in [-0.05, 0) is 29.5 Å². The number of rotatable bonds is 4. The molecule has 0 saturated heterocycles. The summed E-state index contributed by atoms with van der Waals surface area (Å²) >= 11 is 0. The number of aromatic nitrogens is 7. The third-order valence-electron chi connectivity index (χ3n) is 2.95. The van der Waals surface area contributed by atoms with Gasteiger partial charge in [-0.1, -0.05) is 23.3 Å². The Kier molecular flexibility index (Phi) is 3.12. The Morgan fingerprint density at radius 2 is 1.95 bits per heavy atom. The lowest BCUT2D eigenvalue weighted by Gasteiger charge is -2.13. The number of aryl methyl sites for hydroxylation is 1. The molecule has 0 saturated carbocycles. The molecule has 1 aromatic carbocycles. The summed E-state index contributed by atoms with van der Waals surface area (Å²) in [4.78, 5) is 0. The summed E-state index contributed by atoms with van der Waals surface area (Å²) in [5, 5.41) is 22.9. The molecule has 0 spiro atoms. The summed E-state index contributed by atoms with van der Waals surface area (Å²) in [6, 6.07) is 9.64. The van der Waals surface area contributed by atoms with Gasteiger partial charge in [-0.25, -0.2) is 0 Å². The van der Waals surface area contributed by atoms with E-state index in [-0.39, 0.29) is 6.04 Å². The molecular weight excluding hydrogens is 256 g/mol. The Morgan fingerprint density at radius 1 is 1.15 bits per heavy atom. The van der Waals surface area contributed by atoms with E-state index in [1.54, 1.807) is 11.0 Å². The minimum absolute atomic E-state index is 0.0593. The third kappa shape index (κ3) is 2.22. The monoisotopic (exact) mass is 270 g/mol. The largest absolute Gasteiger partial charge is 0.343 e. The van der Waals surface area contributed by atoms with E-state index in [1.807, 2.05) is 48.9 Å². The molecule has 1 unspecified atom stereocenters. The minimum Gasteiger partial charge on any atom is -0.343 e. The molecule has 0 fully saturated rings. The lowest BCUT2D eigenvalue weighted by atomic mass is 10.3. The molecule has 20 heavy (non-hydrogen) atoms. The van der Waals surface area contributed by atoms with E-state index in [0.29, 0.717) is 5.95 Å². The highest BCUT2D eigenvalue weighted by Gasteiger charge is 2.15. The lowest BCUT2D eigenvalue weighted by molar-refractivity contribution is 0.706. The van der Waals surface area contributed by atoms with E-state index >= 15 is 0 Å². The molecule has 0 amide bonds. The predicted octanol–water partition coefficient (Wildman–Crippen LogP) is 0.964. The van der Waals surface area contributed by atoms with Crippen molar-refractivity contribution in [3.05, 3.63) is 42.5 Å². The van der Waals surface area contributed by atoms with Gasteiger partial charge in [0.15, 0.2) is 5.82 Å². The van der Waals surface area contributed by atoms with Crippen molar-refractivity contribution in [2.45, 2.75) is 13.0 Å². The van der Waals surface area contributed by atoms with E-state index in [1.165, 1.54) is 0 Å². The fraction of sp³-hybridized carbons (Fsp3) is 0.250. The molecule has 3 rings (SSSR count). The zero-order chi connectivity index (χ0) is 13.9. The van der Waals surface area contributed by atoms with Crippen LogP contribution in [0.1, 0.15) is 18.8 Å². The van der Waals surface area contributed by atoms with Crippen LogP contribution in [0.15, 0.2) is 36.7 Å². The maximum Gasteiger partial charge on any atom is 0.248 e. The van der Waals surface area contributed by atoms with Crippen molar-refractivity contribution < 1.29 is 0 Å². The summed E-state index contributed by atoms with van der Waals surface area (Å²) < 4.78 is 3.50. The number of tetrazole rings is 1. The first-order chi connectivity index (χ1) is 9.75. The molecule has 8 nitrogen and oxygen atoms in total. The van der Waals surface area contributed by atoms with Crippen molar-refractivity contribution in [1.29, 1.82) is 0 Å². The topological polar surface area (TPSA) is 86.3 Å². The van der Waals surface area contributed by atoms with E-state index in [9.17, 15) is 0 Å². The van der Waals surface area contributed by atoms with Crippen LogP contribution >= 0.6 is 0 Å². The molecule has 0 aliphatic rings. The molecular formula is C12H14N8. The fourth-order valence-corrected chi connectivity index (χ4v) is 1.96. The van der Waals surface area contributed by atoms with Gasteiger partial charge in [0.05, 0.1) is 11.7 Å². The number of anilines is 1.